The first-order chi connectivity index (χ1) is 14.4. The molecule has 0 unspecified atom stereocenters. The molecule has 0 bridgehead atoms. The van der Waals surface area contributed by atoms with Crippen molar-refractivity contribution in [2.75, 3.05) is 7.11 Å². The number of hydrogen-bond donors (Lipinski definition) is 0. The topological polar surface area (TPSA) is 56.6 Å². The van der Waals surface area contributed by atoms with E-state index in [0.717, 1.165) is 41.3 Å². The fourth-order valence-electron chi connectivity index (χ4n) is 4.25. The molecule has 1 saturated carbocycles. The second kappa shape index (κ2) is 10.0. The molecule has 30 heavy (non-hydrogen) atoms. The summed E-state index contributed by atoms with van der Waals surface area (Å²) in [4.78, 5) is 15.3. The molecule has 0 saturated heterocycles. The fourth-order valence-corrected chi connectivity index (χ4v) is 4.25. The van der Waals surface area contributed by atoms with E-state index in [1.807, 2.05) is 56.6 Å². The third-order valence-electron chi connectivity index (χ3n) is 5.67. The van der Waals surface area contributed by atoms with Crippen molar-refractivity contribution in [2.24, 2.45) is 0 Å². The molecule has 1 aromatic heterocycles. The summed E-state index contributed by atoms with van der Waals surface area (Å²) in [6.45, 7) is 9.23. The SMILES string of the molecule is COc1ccc(CN(C(=O)CCn2nc(C)cc2C)C2CCCC2)cc1OC(C)C. The van der Waals surface area contributed by atoms with Gasteiger partial charge < -0.3 is 14.4 Å². The molecule has 1 aliphatic carbocycles. The van der Waals surface area contributed by atoms with Crippen molar-refractivity contribution < 1.29 is 14.3 Å². The van der Waals surface area contributed by atoms with Crippen LogP contribution in [0.5, 0.6) is 11.5 Å². The third-order valence-corrected chi connectivity index (χ3v) is 5.67. The molecule has 1 aromatic carbocycles. The summed E-state index contributed by atoms with van der Waals surface area (Å²) in [7, 11) is 1.65. The van der Waals surface area contributed by atoms with Crippen LogP contribution in [0.25, 0.3) is 0 Å². The van der Waals surface area contributed by atoms with Crippen LogP contribution in [0.4, 0.5) is 0 Å². The second-order valence-electron chi connectivity index (χ2n) is 8.51. The molecule has 1 heterocycles. The smallest absolute Gasteiger partial charge is 0.224 e. The number of rotatable bonds is 9. The summed E-state index contributed by atoms with van der Waals surface area (Å²) in [5.41, 5.74) is 3.15. The highest BCUT2D eigenvalue weighted by atomic mass is 16.5. The number of benzene rings is 1. The molecule has 3 rings (SSSR count). The Labute approximate surface area is 180 Å². The Morgan fingerprint density at radius 2 is 1.93 bits per heavy atom. The zero-order chi connectivity index (χ0) is 21.7. The van der Waals surface area contributed by atoms with Gasteiger partial charge in [-0.2, -0.15) is 5.10 Å². The van der Waals surface area contributed by atoms with Crippen LogP contribution in [0.2, 0.25) is 0 Å². The van der Waals surface area contributed by atoms with Crippen LogP contribution in [-0.2, 0) is 17.9 Å². The van der Waals surface area contributed by atoms with Crippen molar-refractivity contribution in [3.8, 4) is 11.5 Å². The number of aromatic nitrogens is 2. The quantitative estimate of drug-likeness (QED) is 0.600. The van der Waals surface area contributed by atoms with Gasteiger partial charge in [0.2, 0.25) is 5.91 Å². The molecule has 2 aromatic rings. The van der Waals surface area contributed by atoms with Crippen molar-refractivity contribution in [2.45, 2.75) is 85.0 Å². The van der Waals surface area contributed by atoms with Gasteiger partial charge in [-0.25, -0.2) is 0 Å². The molecule has 0 radical (unpaired) electrons. The zero-order valence-electron chi connectivity index (χ0n) is 19.0. The molecular weight excluding hydrogens is 378 g/mol. The minimum absolute atomic E-state index is 0.0579. The van der Waals surface area contributed by atoms with Crippen molar-refractivity contribution >= 4 is 5.91 Å². The van der Waals surface area contributed by atoms with Crippen molar-refractivity contribution in [3.05, 3.63) is 41.2 Å². The number of hydrogen-bond acceptors (Lipinski definition) is 4. The lowest BCUT2D eigenvalue weighted by Crippen LogP contribution is -2.38. The lowest BCUT2D eigenvalue weighted by molar-refractivity contribution is -0.134. The van der Waals surface area contributed by atoms with Gasteiger partial charge >= 0.3 is 0 Å². The maximum atomic E-state index is 13.2. The molecule has 164 valence electrons. The zero-order valence-corrected chi connectivity index (χ0v) is 19.0. The van der Waals surface area contributed by atoms with Crippen LogP contribution >= 0.6 is 0 Å². The van der Waals surface area contributed by atoms with Gasteiger partial charge in [0.25, 0.3) is 0 Å². The van der Waals surface area contributed by atoms with Gasteiger partial charge in [-0.1, -0.05) is 18.9 Å². The molecule has 0 N–H and O–H groups in total. The summed E-state index contributed by atoms with van der Waals surface area (Å²) < 4.78 is 13.3. The van der Waals surface area contributed by atoms with E-state index in [1.54, 1.807) is 7.11 Å². The Morgan fingerprint density at radius 3 is 2.53 bits per heavy atom. The molecule has 0 aliphatic heterocycles. The average Bonchev–Trinajstić information content (AvgIpc) is 3.33. The molecule has 0 spiro atoms. The first kappa shape index (κ1) is 22.2. The molecule has 0 atom stereocenters. The summed E-state index contributed by atoms with van der Waals surface area (Å²) in [6.07, 6.45) is 5.06. The molecule has 6 heteroatoms. The molecule has 1 fully saturated rings. The number of methoxy groups -OCH3 is 1. The predicted octanol–water partition coefficient (Wildman–Crippen LogP) is 4.66. The highest BCUT2D eigenvalue weighted by Crippen LogP contribution is 2.31. The number of carbonyl (C=O) groups is 1. The first-order valence-corrected chi connectivity index (χ1v) is 11.0. The Bertz CT molecular complexity index is 853. The van der Waals surface area contributed by atoms with Crippen molar-refractivity contribution in [3.63, 3.8) is 0 Å². The number of aryl methyl sites for hydroxylation is 3. The van der Waals surface area contributed by atoms with Gasteiger partial charge in [-0.15, -0.1) is 0 Å². The van der Waals surface area contributed by atoms with E-state index in [2.05, 4.69) is 10.00 Å². The van der Waals surface area contributed by atoms with E-state index in [4.69, 9.17) is 9.47 Å². The van der Waals surface area contributed by atoms with E-state index in [0.29, 0.717) is 25.6 Å². The Balaban J connectivity index is 1.75. The second-order valence-corrected chi connectivity index (χ2v) is 8.51. The van der Waals surface area contributed by atoms with Gasteiger partial charge in [0.05, 0.1) is 18.9 Å². The number of carbonyl (C=O) groups excluding carboxylic acids is 1. The van der Waals surface area contributed by atoms with E-state index >= 15 is 0 Å². The number of nitrogens with zero attached hydrogens (tertiary/aromatic N) is 3. The minimum Gasteiger partial charge on any atom is -0.493 e. The van der Waals surface area contributed by atoms with Gasteiger partial charge in [-0.05, 0) is 64.3 Å². The lowest BCUT2D eigenvalue weighted by Gasteiger charge is -2.30. The van der Waals surface area contributed by atoms with Crippen LogP contribution in [0.15, 0.2) is 24.3 Å². The van der Waals surface area contributed by atoms with E-state index < -0.39 is 0 Å². The van der Waals surface area contributed by atoms with Gasteiger partial charge in [0, 0.05) is 31.2 Å². The van der Waals surface area contributed by atoms with Gasteiger partial charge in [0.15, 0.2) is 11.5 Å². The van der Waals surface area contributed by atoms with E-state index in [-0.39, 0.29) is 12.0 Å². The van der Waals surface area contributed by atoms with E-state index in [9.17, 15) is 4.79 Å². The maximum absolute atomic E-state index is 13.2. The molecule has 6 nitrogen and oxygen atoms in total. The van der Waals surface area contributed by atoms with Gasteiger partial charge in [-0.3, -0.25) is 9.48 Å². The molecular formula is C24H35N3O3. The Hall–Kier alpha value is -2.50. The average molecular weight is 414 g/mol. The number of amides is 1. The lowest BCUT2D eigenvalue weighted by atomic mass is 10.1. The van der Waals surface area contributed by atoms with Crippen LogP contribution in [0.1, 0.15) is 62.9 Å². The molecule has 1 amide bonds. The Kier molecular flexibility index (Phi) is 7.40. The van der Waals surface area contributed by atoms with Gasteiger partial charge in [0.1, 0.15) is 0 Å². The number of ether oxygens (including phenoxy) is 2. The van der Waals surface area contributed by atoms with Crippen LogP contribution in [0, 0.1) is 13.8 Å². The highest BCUT2D eigenvalue weighted by Gasteiger charge is 2.27. The van der Waals surface area contributed by atoms with Crippen molar-refractivity contribution in [1.29, 1.82) is 0 Å². The first-order valence-electron chi connectivity index (χ1n) is 11.0. The maximum Gasteiger partial charge on any atom is 0.224 e. The monoisotopic (exact) mass is 413 g/mol. The summed E-state index contributed by atoms with van der Waals surface area (Å²) in [6, 6.07) is 8.33. The summed E-state index contributed by atoms with van der Waals surface area (Å²) >= 11 is 0. The van der Waals surface area contributed by atoms with Crippen molar-refractivity contribution in [1.82, 2.24) is 14.7 Å². The van der Waals surface area contributed by atoms with Crippen LogP contribution < -0.4 is 9.47 Å². The summed E-state index contributed by atoms with van der Waals surface area (Å²) in [5, 5.41) is 4.50. The largest absolute Gasteiger partial charge is 0.493 e. The molecule has 1 aliphatic rings. The minimum atomic E-state index is 0.0579. The third kappa shape index (κ3) is 5.55. The predicted molar refractivity (Wildman–Crippen MR) is 118 cm³/mol. The summed E-state index contributed by atoms with van der Waals surface area (Å²) in [5.74, 6) is 1.64. The highest BCUT2D eigenvalue weighted by molar-refractivity contribution is 5.76. The standard InChI is InChI=1S/C24H35N3O3/c1-17(2)30-23-15-20(10-11-22(23)29-5)16-26(21-8-6-7-9-21)24(28)12-13-27-19(4)14-18(3)25-27/h10-11,14-15,17,21H,6-9,12-13,16H2,1-5H3. The normalized spacial score (nSPS) is 14.3. The Morgan fingerprint density at radius 1 is 1.20 bits per heavy atom. The van der Waals surface area contributed by atoms with Crippen LogP contribution in [-0.4, -0.2) is 39.8 Å². The van der Waals surface area contributed by atoms with E-state index in [1.165, 1.54) is 12.8 Å². The fraction of sp³-hybridized carbons (Fsp3) is 0.583. The van der Waals surface area contributed by atoms with Crippen LogP contribution in [0.3, 0.4) is 0 Å².